The molecule has 7 nitrogen and oxygen atoms in total. The van der Waals surface area contributed by atoms with E-state index in [-0.39, 0.29) is 35.0 Å². The van der Waals surface area contributed by atoms with Crippen LogP contribution in [0.3, 0.4) is 0 Å². The summed E-state index contributed by atoms with van der Waals surface area (Å²) in [4.78, 5) is 58.4. The first-order chi connectivity index (χ1) is 20.2. The zero-order chi connectivity index (χ0) is 29.5. The summed E-state index contributed by atoms with van der Waals surface area (Å²) in [5, 5.41) is 0.919. The second-order valence-corrected chi connectivity index (χ2v) is 11.1. The van der Waals surface area contributed by atoms with Gasteiger partial charge >= 0.3 is 5.97 Å². The number of ketones is 1. The molecule has 2 amide bonds. The van der Waals surface area contributed by atoms with Crippen molar-refractivity contribution in [1.82, 2.24) is 4.98 Å². The van der Waals surface area contributed by atoms with Crippen molar-refractivity contribution in [3.05, 3.63) is 107 Å². The van der Waals surface area contributed by atoms with Gasteiger partial charge in [-0.05, 0) is 63.1 Å². The molecule has 3 aromatic carbocycles. The fourth-order valence-electron chi connectivity index (χ4n) is 5.58. The maximum atomic E-state index is 13.4. The zero-order valence-electron chi connectivity index (χ0n) is 23.0. The summed E-state index contributed by atoms with van der Waals surface area (Å²) in [6, 6.07) is 20.7. The molecule has 0 N–H and O–H groups in total. The lowest BCUT2D eigenvalue weighted by molar-refractivity contribution is -0.122. The van der Waals surface area contributed by atoms with Crippen molar-refractivity contribution in [2.24, 2.45) is 11.8 Å². The summed E-state index contributed by atoms with van der Waals surface area (Å²) in [6.07, 6.45) is 4.05. The molecule has 1 aliphatic carbocycles. The molecule has 2 heterocycles. The summed E-state index contributed by atoms with van der Waals surface area (Å²) < 4.78 is 5.63. The van der Waals surface area contributed by atoms with Gasteiger partial charge in [-0.2, -0.15) is 0 Å². The first-order valence-corrected chi connectivity index (χ1v) is 14.1. The average Bonchev–Trinajstić information content (AvgIpc) is 3.26. The highest BCUT2D eigenvalue weighted by molar-refractivity contribution is 6.31. The van der Waals surface area contributed by atoms with Crippen molar-refractivity contribution < 1.29 is 23.9 Å². The van der Waals surface area contributed by atoms with Gasteiger partial charge in [-0.3, -0.25) is 19.3 Å². The molecule has 2 aliphatic rings. The summed E-state index contributed by atoms with van der Waals surface area (Å²) in [5.41, 5.74) is 3.86. The summed E-state index contributed by atoms with van der Waals surface area (Å²) in [5.74, 6) is -1.98. The van der Waals surface area contributed by atoms with Gasteiger partial charge < -0.3 is 4.74 Å². The third-order valence-electron chi connectivity index (χ3n) is 7.91. The van der Waals surface area contributed by atoms with Crippen molar-refractivity contribution in [3.8, 4) is 11.3 Å². The van der Waals surface area contributed by atoms with Crippen molar-refractivity contribution in [1.29, 1.82) is 0 Å². The van der Waals surface area contributed by atoms with Gasteiger partial charge in [0.25, 0.3) is 0 Å². The van der Waals surface area contributed by atoms with Gasteiger partial charge in [-0.15, -0.1) is 0 Å². The number of pyridine rings is 1. The van der Waals surface area contributed by atoms with Crippen LogP contribution in [0.2, 0.25) is 5.02 Å². The predicted molar refractivity (Wildman–Crippen MR) is 160 cm³/mol. The molecule has 3 unspecified atom stereocenters. The minimum atomic E-state index is -1.01. The van der Waals surface area contributed by atoms with Crippen LogP contribution in [0.4, 0.5) is 5.69 Å². The molecule has 4 aromatic rings. The van der Waals surface area contributed by atoms with E-state index in [4.69, 9.17) is 21.3 Å². The molecular formula is C34H27ClN2O5. The van der Waals surface area contributed by atoms with Gasteiger partial charge in [-0.1, -0.05) is 65.7 Å². The lowest BCUT2D eigenvalue weighted by Gasteiger charge is -2.16. The van der Waals surface area contributed by atoms with Crippen LogP contribution in [0.25, 0.3) is 22.2 Å². The Morgan fingerprint density at radius 3 is 2.19 bits per heavy atom. The molecule has 210 valence electrons. The molecule has 42 heavy (non-hydrogen) atoms. The van der Waals surface area contributed by atoms with Crippen LogP contribution in [-0.2, 0) is 14.3 Å². The Balaban J connectivity index is 1.30. The molecule has 1 aliphatic heterocycles. The Morgan fingerprint density at radius 1 is 0.905 bits per heavy atom. The van der Waals surface area contributed by atoms with Gasteiger partial charge in [-0.25, -0.2) is 9.78 Å². The fourth-order valence-corrected chi connectivity index (χ4v) is 5.75. The summed E-state index contributed by atoms with van der Waals surface area (Å²) in [7, 11) is 0. The normalized spacial score (nSPS) is 18.7. The van der Waals surface area contributed by atoms with E-state index in [1.165, 1.54) is 4.90 Å². The maximum absolute atomic E-state index is 13.4. The number of fused-ring (bicyclic) bond motifs is 2. The second kappa shape index (κ2) is 11.0. The van der Waals surface area contributed by atoms with Crippen LogP contribution in [0.15, 0.2) is 84.9 Å². The third kappa shape index (κ3) is 5.01. The van der Waals surface area contributed by atoms with Crippen LogP contribution in [-0.4, -0.2) is 34.7 Å². The van der Waals surface area contributed by atoms with Crippen LogP contribution < -0.4 is 4.90 Å². The molecule has 3 atom stereocenters. The van der Waals surface area contributed by atoms with Crippen LogP contribution in [0.5, 0.6) is 0 Å². The zero-order valence-corrected chi connectivity index (χ0v) is 23.8. The minimum Gasteiger partial charge on any atom is -0.451 e. The molecule has 0 saturated carbocycles. The van der Waals surface area contributed by atoms with E-state index < -0.39 is 12.1 Å². The van der Waals surface area contributed by atoms with Crippen molar-refractivity contribution >= 4 is 51.8 Å². The minimum absolute atomic E-state index is 0.179. The van der Waals surface area contributed by atoms with E-state index in [1.807, 2.05) is 31.2 Å². The number of amides is 2. The van der Waals surface area contributed by atoms with Crippen LogP contribution in [0, 0.1) is 18.8 Å². The lowest BCUT2D eigenvalue weighted by atomic mass is 9.85. The van der Waals surface area contributed by atoms with Gasteiger partial charge in [0, 0.05) is 21.5 Å². The number of ether oxygens (including phenoxy) is 1. The number of hydrogen-bond donors (Lipinski definition) is 0. The molecule has 0 spiro atoms. The number of nitrogens with zero attached hydrogens (tertiary/aromatic N) is 2. The van der Waals surface area contributed by atoms with E-state index >= 15 is 0 Å². The SMILES string of the molecule is Cc1ccc(C(=O)C(C)OC(=O)c2cc(-c3ccc(N4C(=O)C5CC=CCC5C4=O)cc3)nc3ccc(Cl)cc23)cc1. The van der Waals surface area contributed by atoms with E-state index in [0.717, 1.165) is 5.56 Å². The molecule has 1 saturated heterocycles. The fraction of sp³-hybridized carbons (Fsp3) is 0.206. The van der Waals surface area contributed by atoms with Gasteiger partial charge in [0.2, 0.25) is 17.6 Å². The Morgan fingerprint density at radius 2 is 1.55 bits per heavy atom. The van der Waals surface area contributed by atoms with Gasteiger partial charge in [0.15, 0.2) is 6.10 Å². The third-order valence-corrected chi connectivity index (χ3v) is 8.14. The highest BCUT2D eigenvalue weighted by Crippen LogP contribution is 2.38. The van der Waals surface area contributed by atoms with E-state index in [2.05, 4.69) is 0 Å². The standard InChI is InChI=1S/C34H27ClN2O5/c1-19-7-9-22(10-8-19)31(38)20(2)42-34(41)28-18-30(36-29-16-13-23(35)17-27(28)29)21-11-14-24(15-12-21)37-32(39)25-5-3-4-6-26(25)33(37)40/h3-4,7-18,20,25-26H,5-6H2,1-2H3. The molecule has 6 rings (SSSR count). The van der Waals surface area contributed by atoms with Crippen molar-refractivity contribution in [2.75, 3.05) is 4.90 Å². The quantitative estimate of drug-likeness (QED) is 0.109. The van der Waals surface area contributed by atoms with Crippen LogP contribution >= 0.6 is 11.6 Å². The highest BCUT2D eigenvalue weighted by Gasteiger charge is 2.47. The monoisotopic (exact) mass is 578 g/mol. The molecule has 8 heteroatoms. The van der Waals surface area contributed by atoms with Gasteiger partial charge in [0.05, 0.1) is 34.3 Å². The smallest absolute Gasteiger partial charge is 0.339 e. The number of aromatic nitrogens is 1. The highest BCUT2D eigenvalue weighted by atomic mass is 35.5. The lowest BCUT2D eigenvalue weighted by Crippen LogP contribution is -2.30. The summed E-state index contributed by atoms with van der Waals surface area (Å²) >= 11 is 6.25. The molecule has 0 radical (unpaired) electrons. The number of imide groups is 1. The largest absolute Gasteiger partial charge is 0.451 e. The molecular weight excluding hydrogens is 552 g/mol. The number of aryl methyl sites for hydroxylation is 1. The number of anilines is 1. The second-order valence-electron chi connectivity index (χ2n) is 10.7. The number of rotatable bonds is 6. The average molecular weight is 579 g/mol. The molecule has 0 bridgehead atoms. The number of allylic oxidation sites excluding steroid dienone is 2. The van der Waals surface area contributed by atoms with Crippen molar-refractivity contribution in [3.63, 3.8) is 0 Å². The number of Topliss-reactive ketones (excluding diaryl/α,β-unsaturated/α-hetero) is 1. The molecule has 1 fully saturated rings. The van der Waals surface area contributed by atoms with E-state index in [9.17, 15) is 19.2 Å². The first-order valence-electron chi connectivity index (χ1n) is 13.8. The van der Waals surface area contributed by atoms with E-state index in [1.54, 1.807) is 67.6 Å². The van der Waals surface area contributed by atoms with E-state index in [0.29, 0.717) is 51.3 Å². The Labute approximate surface area is 247 Å². The number of hydrogen-bond acceptors (Lipinski definition) is 6. The first kappa shape index (κ1) is 27.5. The Bertz CT molecular complexity index is 1750. The van der Waals surface area contributed by atoms with Crippen molar-refractivity contribution in [2.45, 2.75) is 32.8 Å². The number of esters is 1. The maximum Gasteiger partial charge on any atom is 0.339 e. The molecule has 1 aromatic heterocycles. The number of halogens is 1. The van der Waals surface area contributed by atoms with Crippen LogP contribution in [0.1, 0.15) is 46.0 Å². The van der Waals surface area contributed by atoms with Gasteiger partial charge in [0.1, 0.15) is 0 Å². The summed E-state index contributed by atoms with van der Waals surface area (Å²) in [6.45, 7) is 3.47. The Hall–Kier alpha value is -4.62. The number of benzene rings is 3. The Kier molecular flexibility index (Phi) is 7.21. The predicted octanol–water partition coefficient (Wildman–Crippen LogP) is 6.75. The topological polar surface area (TPSA) is 93.6 Å². The number of carbonyl (C=O) groups is 4. The number of carbonyl (C=O) groups excluding carboxylic acids is 4.